The second kappa shape index (κ2) is 7.51. The van der Waals surface area contributed by atoms with Crippen LogP contribution in [0.2, 0.25) is 0 Å². The summed E-state index contributed by atoms with van der Waals surface area (Å²) in [5, 5.41) is 0. The fourth-order valence-corrected chi connectivity index (χ4v) is 2.72. The van der Waals surface area contributed by atoms with Crippen LogP contribution in [-0.2, 0) is 12.8 Å². The fourth-order valence-electron chi connectivity index (χ4n) is 2.72. The number of carbonyl (C=O) groups is 2. The molecule has 0 radical (unpaired) electrons. The quantitative estimate of drug-likeness (QED) is 0.626. The molecule has 118 valence electrons. The van der Waals surface area contributed by atoms with E-state index in [9.17, 15) is 9.59 Å². The molecule has 3 aromatic carbocycles. The van der Waals surface area contributed by atoms with Crippen LogP contribution < -0.4 is 0 Å². The van der Waals surface area contributed by atoms with E-state index in [0.717, 1.165) is 11.1 Å². The van der Waals surface area contributed by atoms with Crippen LogP contribution in [0.1, 0.15) is 31.8 Å². The van der Waals surface area contributed by atoms with Crippen molar-refractivity contribution in [1.82, 2.24) is 0 Å². The first-order valence-corrected chi connectivity index (χ1v) is 7.97. The molecule has 0 amide bonds. The molecule has 0 heterocycles. The summed E-state index contributed by atoms with van der Waals surface area (Å²) in [4.78, 5) is 25.3. The van der Waals surface area contributed by atoms with Crippen LogP contribution in [0, 0.1) is 0 Å². The maximum atomic E-state index is 12.6. The Morgan fingerprint density at radius 1 is 0.500 bits per heavy atom. The molecule has 0 saturated heterocycles. The Labute approximate surface area is 141 Å². The first kappa shape index (κ1) is 15.9. The Hall–Kier alpha value is -3.00. The van der Waals surface area contributed by atoms with Crippen LogP contribution in [0.5, 0.6) is 0 Å². The zero-order valence-corrected chi connectivity index (χ0v) is 13.3. The lowest BCUT2D eigenvalue weighted by Gasteiger charge is -2.08. The second-order valence-electron chi connectivity index (χ2n) is 5.72. The van der Waals surface area contributed by atoms with Gasteiger partial charge in [0.2, 0.25) is 0 Å². The van der Waals surface area contributed by atoms with Crippen LogP contribution in [-0.4, -0.2) is 11.6 Å². The molecule has 0 spiro atoms. The van der Waals surface area contributed by atoms with Crippen molar-refractivity contribution >= 4 is 11.6 Å². The smallest absolute Gasteiger partial charge is 0.167 e. The molecule has 0 saturated carbocycles. The Morgan fingerprint density at radius 2 is 0.833 bits per heavy atom. The molecular formula is C22H18O2. The third kappa shape index (κ3) is 3.85. The molecule has 0 aliphatic rings. The number of ketones is 2. The molecule has 2 nitrogen and oxygen atoms in total. The number of rotatable bonds is 6. The van der Waals surface area contributed by atoms with Gasteiger partial charge in [-0.3, -0.25) is 9.59 Å². The van der Waals surface area contributed by atoms with Crippen molar-refractivity contribution in [2.75, 3.05) is 0 Å². The summed E-state index contributed by atoms with van der Waals surface area (Å²) in [6.07, 6.45) is 0.604. The van der Waals surface area contributed by atoms with Gasteiger partial charge in [0.15, 0.2) is 11.6 Å². The lowest BCUT2D eigenvalue weighted by molar-refractivity contribution is 0.0960. The van der Waals surface area contributed by atoms with Crippen LogP contribution in [0.15, 0.2) is 84.9 Å². The normalized spacial score (nSPS) is 10.3. The van der Waals surface area contributed by atoms with Crippen molar-refractivity contribution in [3.05, 3.63) is 107 Å². The number of carbonyl (C=O) groups excluding carboxylic acids is 2. The van der Waals surface area contributed by atoms with Crippen molar-refractivity contribution < 1.29 is 9.59 Å². The monoisotopic (exact) mass is 314 g/mol. The van der Waals surface area contributed by atoms with E-state index in [1.807, 2.05) is 60.7 Å². The maximum Gasteiger partial charge on any atom is 0.167 e. The van der Waals surface area contributed by atoms with E-state index in [0.29, 0.717) is 24.0 Å². The second-order valence-corrected chi connectivity index (χ2v) is 5.72. The van der Waals surface area contributed by atoms with Gasteiger partial charge in [0, 0.05) is 24.0 Å². The Bertz CT molecular complexity index is 764. The highest BCUT2D eigenvalue weighted by Gasteiger charge is 2.17. The average molecular weight is 314 g/mol. The van der Waals surface area contributed by atoms with Gasteiger partial charge < -0.3 is 0 Å². The molecular weight excluding hydrogens is 296 g/mol. The molecule has 24 heavy (non-hydrogen) atoms. The number of Topliss-reactive ketones (excluding diaryl/α,β-unsaturated/α-hetero) is 2. The molecule has 0 N–H and O–H groups in total. The minimum absolute atomic E-state index is 0.0294. The summed E-state index contributed by atoms with van der Waals surface area (Å²) >= 11 is 0. The molecule has 2 heteroatoms. The standard InChI is InChI=1S/C22H18O2/c23-21(15-17-9-3-1-4-10-17)19-13-7-8-14-20(19)22(24)16-18-11-5-2-6-12-18/h1-14H,15-16H2. The van der Waals surface area contributed by atoms with Crippen LogP contribution >= 0.6 is 0 Å². The molecule has 0 aromatic heterocycles. The van der Waals surface area contributed by atoms with Gasteiger partial charge in [-0.2, -0.15) is 0 Å². The third-order valence-electron chi connectivity index (χ3n) is 3.94. The molecule has 0 aliphatic carbocycles. The van der Waals surface area contributed by atoms with Gasteiger partial charge in [-0.05, 0) is 11.1 Å². The van der Waals surface area contributed by atoms with Gasteiger partial charge in [-0.25, -0.2) is 0 Å². The lowest BCUT2D eigenvalue weighted by Crippen LogP contribution is -2.12. The summed E-state index contributed by atoms with van der Waals surface area (Å²) in [5.41, 5.74) is 2.91. The van der Waals surface area contributed by atoms with Crippen LogP contribution in [0.3, 0.4) is 0 Å². The van der Waals surface area contributed by atoms with E-state index in [1.165, 1.54) is 0 Å². The minimum atomic E-state index is -0.0294. The summed E-state index contributed by atoms with van der Waals surface area (Å²) in [6, 6.07) is 26.3. The maximum absolute atomic E-state index is 12.6. The van der Waals surface area contributed by atoms with Gasteiger partial charge >= 0.3 is 0 Å². The highest BCUT2D eigenvalue weighted by Crippen LogP contribution is 2.16. The molecule has 0 aliphatic heterocycles. The minimum Gasteiger partial charge on any atom is -0.294 e. The molecule has 0 bridgehead atoms. The van der Waals surface area contributed by atoms with E-state index in [4.69, 9.17) is 0 Å². The van der Waals surface area contributed by atoms with Gasteiger partial charge in [0.25, 0.3) is 0 Å². The molecule has 3 rings (SSSR count). The van der Waals surface area contributed by atoms with E-state index in [1.54, 1.807) is 24.3 Å². The summed E-state index contributed by atoms with van der Waals surface area (Å²) in [6.45, 7) is 0. The highest BCUT2D eigenvalue weighted by atomic mass is 16.1. The van der Waals surface area contributed by atoms with Crippen molar-refractivity contribution in [2.45, 2.75) is 12.8 Å². The van der Waals surface area contributed by atoms with Gasteiger partial charge in [0.05, 0.1) is 0 Å². The molecule has 0 unspecified atom stereocenters. The molecule has 0 fully saturated rings. The van der Waals surface area contributed by atoms with Crippen molar-refractivity contribution in [2.24, 2.45) is 0 Å². The lowest BCUT2D eigenvalue weighted by atomic mass is 9.94. The van der Waals surface area contributed by atoms with Gasteiger partial charge in [-0.15, -0.1) is 0 Å². The fraction of sp³-hybridized carbons (Fsp3) is 0.0909. The van der Waals surface area contributed by atoms with E-state index in [-0.39, 0.29) is 11.6 Å². The van der Waals surface area contributed by atoms with Gasteiger partial charge in [0.1, 0.15) is 0 Å². The Balaban J connectivity index is 1.82. The number of hydrogen-bond donors (Lipinski definition) is 0. The van der Waals surface area contributed by atoms with E-state index < -0.39 is 0 Å². The number of hydrogen-bond acceptors (Lipinski definition) is 2. The third-order valence-corrected chi connectivity index (χ3v) is 3.94. The predicted molar refractivity (Wildman–Crippen MR) is 95.4 cm³/mol. The van der Waals surface area contributed by atoms with Crippen molar-refractivity contribution in [3.63, 3.8) is 0 Å². The van der Waals surface area contributed by atoms with E-state index in [2.05, 4.69) is 0 Å². The Morgan fingerprint density at radius 3 is 1.21 bits per heavy atom. The largest absolute Gasteiger partial charge is 0.294 e. The first-order chi connectivity index (χ1) is 11.7. The van der Waals surface area contributed by atoms with Crippen molar-refractivity contribution in [3.8, 4) is 0 Å². The highest BCUT2D eigenvalue weighted by molar-refractivity contribution is 6.09. The number of benzene rings is 3. The predicted octanol–water partition coefficient (Wildman–Crippen LogP) is 4.54. The van der Waals surface area contributed by atoms with E-state index >= 15 is 0 Å². The van der Waals surface area contributed by atoms with Crippen molar-refractivity contribution in [1.29, 1.82) is 0 Å². The van der Waals surface area contributed by atoms with Gasteiger partial charge in [-0.1, -0.05) is 84.9 Å². The first-order valence-electron chi connectivity index (χ1n) is 7.97. The summed E-state index contributed by atoms with van der Waals surface area (Å²) in [7, 11) is 0. The average Bonchev–Trinajstić information content (AvgIpc) is 2.63. The topological polar surface area (TPSA) is 34.1 Å². The zero-order valence-electron chi connectivity index (χ0n) is 13.3. The zero-order chi connectivity index (χ0) is 16.8. The van der Waals surface area contributed by atoms with Crippen LogP contribution in [0.4, 0.5) is 0 Å². The summed E-state index contributed by atoms with van der Waals surface area (Å²) < 4.78 is 0. The molecule has 3 aromatic rings. The molecule has 0 atom stereocenters. The SMILES string of the molecule is O=C(Cc1ccccc1)c1ccccc1C(=O)Cc1ccccc1. The van der Waals surface area contributed by atoms with Crippen LogP contribution in [0.25, 0.3) is 0 Å². The Kier molecular flexibility index (Phi) is 4.97. The summed E-state index contributed by atoms with van der Waals surface area (Å²) in [5.74, 6) is -0.0589.